The van der Waals surface area contributed by atoms with Gasteiger partial charge in [0.1, 0.15) is 6.61 Å². The number of ether oxygens (including phenoxy) is 1. The summed E-state index contributed by atoms with van der Waals surface area (Å²) >= 11 is 0. The Morgan fingerprint density at radius 1 is 0.886 bits per heavy atom. The fraction of sp³-hybridized carbons (Fsp3) is 0.464. The first-order chi connectivity index (χ1) is 17.0. The molecule has 0 saturated heterocycles. The molecule has 2 atom stereocenters. The molecule has 2 unspecified atom stereocenters. The number of carbonyl (C=O) groups excluding carboxylic acids is 2. The van der Waals surface area contributed by atoms with Crippen molar-refractivity contribution in [2.45, 2.75) is 50.5 Å². The maximum absolute atomic E-state index is 12.4. The molecule has 7 nitrogen and oxygen atoms in total. The number of nitrogens with one attached hydrogen (secondary N) is 2. The predicted molar refractivity (Wildman–Crippen MR) is 131 cm³/mol. The summed E-state index contributed by atoms with van der Waals surface area (Å²) in [5.74, 6) is -0.399. The van der Waals surface area contributed by atoms with Crippen molar-refractivity contribution in [2.75, 3.05) is 13.2 Å². The smallest absolute Gasteiger partial charge is 0.407 e. The maximum atomic E-state index is 12.4. The quantitative estimate of drug-likeness (QED) is 0.527. The molecule has 35 heavy (non-hydrogen) atoms. The van der Waals surface area contributed by atoms with E-state index in [1.165, 1.54) is 22.3 Å². The van der Waals surface area contributed by atoms with Gasteiger partial charge in [-0.2, -0.15) is 0 Å². The summed E-state index contributed by atoms with van der Waals surface area (Å²) in [7, 11) is 0. The Bertz CT molecular complexity index is 1060. The minimum atomic E-state index is -0.780. The monoisotopic (exact) mass is 476 g/mol. The summed E-state index contributed by atoms with van der Waals surface area (Å²) in [5.41, 5.74) is 4.80. The average Bonchev–Trinajstić information content (AvgIpc) is 3.40. The number of fused-ring (bicyclic) bond motifs is 3. The first kappa shape index (κ1) is 23.4. The summed E-state index contributed by atoms with van der Waals surface area (Å²) in [4.78, 5) is 35.6. The molecule has 3 aliphatic carbocycles. The minimum absolute atomic E-state index is 0.00367. The van der Waals surface area contributed by atoms with E-state index in [4.69, 9.17) is 9.84 Å². The number of amides is 2. The molecule has 5 rings (SSSR count). The van der Waals surface area contributed by atoms with Gasteiger partial charge in [-0.15, -0.1) is 0 Å². The molecule has 184 valence electrons. The number of carboxylic acids is 1. The first-order valence-electron chi connectivity index (χ1n) is 12.6. The van der Waals surface area contributed by atoms with Crippen molar-refractivity contribution in [2.24, 2.45) is 17.8 Å². The number of benzene rings is 2. The normalized spacial score (nSPS) is 24.7. The molecule has 3 aliphatic rings. The van der Waals surface area contributed by atoms with Crippen LogP contribution in [0.4, 0.5) is 4.79 Å². The number of alkyl carbamates (subject to hydrolysis) is 1. The van der Waals surface area contributed by atoms with Crippen LogP contribution in [0.1, 0.15) is 55.6 Å². The second-order valence-corrected chi connectivity index (χ2v) is 10.2. The molecule has 7 heteroatoms. The van der Waals surface area contributed by atoms with Crippen molar-refractivity contribution in [3.05, 3.63) is 59.7 Å². The number of hydrogen-bond donors (Lipinski definition) is 3. The Labute approximate surface area is 205 Å². The highest BCUT2D eigenvalue weighted by Crippen LogP contribution is 2.44. The second-order valence-electron chi connectivity index (χ2n) is 10.2. The lowest BCUT2D eigenvalue weighted by atomic mass is 9.80. The topological polar surface area (TPSA) is 105 Å². The van der Waals surface area contributed by atoms with Crippen LogP contribution >= 0.6 is 0 Å². The fourth-order valence-corrected chi connectivity index (χ4v) is 5.91. The number of aliphatic carboxylic acids is 1. The van der Waals surface area contributed by atoms with E-state index in [2.05, 4.69) is 34.9 Å². The van der Waals surface area contributed by atoms with Crippen molar-refractivity contribution < 1.29 is 24.2 Å². The van der Waals surface area contributed by atoms with Crippen LogP contribution in [-0.4, -0.2) is 42.3 Å². The molecule has 2 amide bonds. The second kappa shape index (κ2) is 10.1. The highest BCUT2D eigenvalue weighted by atomic mass is 16.5. The Morgan fingerprint density at radius 2 is 1.51 bits per heavy atom. The van der Waals surface area contributed by atoms with Gasteiger partial charge in [0.25, 0.3) is 0 Å². The molecule has 0 spiro atoms. The molecule has 0 aromatic heterocycles. The molecule has 2 aromatic carbocycles. The molecule has 2 saturated carbocycles. The summed E-state index contributed by atoms with van der Waals surface area (Å²) < 4.78 is 5.62. The zero-order chi connectivity index (χ0) is 24.4. The van der Waals surface area contributed by atoms with E-state index in [9.17, 15) is 14.4 Å². The highest BCUT2D eigenvalue weighted by molar-refractivity contribution is 5.79. The van der Waals surface area contributed by atoms with E-state index in [1.807, 2.05) is 24.3 Å². The van der Waals surface area contributed by atoms with Gasteiger partial charge in [0, 0.05) is 24.9 Å². The molecule has 0 heterocycles. The zero-order valence-electron chi connectivity index (χ0n) is 19.7. The fourth-order valence-electron chi connectivity index (χ4n) is 5.91. The van der Waals surface area contributed by atoms with Crippen molar-refractivity contribution in [3.63, 3.8) is 0 Å². The van der Waals surface area contributed by atoms with Crippen LogP contribution in [0.5, 0.6) is 0 Å². The van der Waals surface area contributed by atoms with Crippen molar-refractivity contribution in [3.8, 4) is 11.1 Å². The Balaban J connectivity index is 1.03. The lowest BCUT2D eigenvalue weighted by molar-refractivity contribution is -0.146. The van der Waals surface area contributed by atoms with Gasteiger partial charge < -0.3 is 20.5 Å². The van der Waals surface area contributed by atoms with Crippen molar-refractivity contribution in [1.29, 1.82) is 0 Å². The largest absolute Gasteiger partial charge is 0.481 e. The third-order valence-electron chi connectivity index (χ3n) is 7.86. The number of hydrogen-bond acceptors (Lipinski definition) is 4. The van der Waals surface area contributed by atoms with Gasteiger partial charge in [-0.25, -0.2) is 4.79 Å². The van der Waals surface area contributed by atoms with E-state index < -0.39 is 12.1 Å². The zero-order valence-corrected chi connectivity index (χ0v) is 19.7. The van der Waals surface area contributed by atoms with Crippen LogP contribution in [0.2, 0.25) is 0 Å². The van der Waals surface area contributed by atoms with Gasteiger partial charge in [-0.05, 0) is 66.2 Å². The lowest BCUT2D eigenvalue weighted by Crippen LogP contribution is -2.47. The van der Waals surface area contributed by atoms with Crippen LogP contribution in [0.3, 0.4) is 0 Å². The van der Waals surface area contributed by atoms with E-state index in [-0.39, 0.29) is 23.8 Å². The van der Waals surface area contributed by atoms with Crippen LogP contribution in [-0.2, 0) is 14.3 Å². The van der Waals surface area contributed by atoms with E-state index in [0.717, 1.165) is 19.3 Å². The summed E-state index contributed by atoms with van der Waals surface area (Å²) in [6.45, 7) is 0.856. The van der Waals surface area contributed by atoms with Crippen LogP contribution in [0, 0.1) is 17.8 Å². The Hall–Kier alpha value is -3.35. The lowest BCUT2D eigenvalue weighted by Gasteiger charge is -2.33. The summed E-state index contributed by atoms with van der Waals surface area (Å²) in [6, 6.07) is 16.5. The SMILES string of the molecule is O=C(CC1CCC(CNC(=O)OCC2c3ccccc3-c3ccccc32)C1)NC1CC(C(=O)O)C1. The third kappa shape index (κ3) is 5.19. The van der Waals surface area contributed by atoms with Gasteiger partial charge in [0.15, 0.2) is 0 Å². The number of carbonyl (C=O) groups is 3. The van der Waals surface area contributed by atoms with Gasteiger partial charge in [0.05, 0.1) is 5.92 Å². The van der Waals surface area contributed by atoms with Crippen LogP contribution < -0.4 is 10.6 Å². The van der Waals surface area contributed by atoms with Crippen molar-refractivity contribution in [1.82, 2.24) is 10.6 Å². The molecule has 2 aromatic rings. The number of rotatable bonds is 8. The van der Waals surface area contributed by atoms with Crippen LogP contribution in [0.25, 0.3) is 11.1 Å². The van der Waals surface area contributed by atoms with E-state index >= 15 is 0 Å². The summed E-state index contributed by atoms with van der Waals surface area (Å²) in [5, 5.41) is 14.8. The molecular weight excluding hydrogens is 444 g/mol. The van der Waals surface area contributed by atoms with Gasteiger partial charge in [0.2, 0.25) is 5.91 Å². The van der Waals surface area contributed by atoms with Crippen molar-refractivity contribution >= 4 is 18.0 Å². The molecule has 0 radical (unpaired) electrons. The number of carboxylic acid groups (broad SMARTS) is 1. The minimum Gasteiger partial charge on any atom is -0.481 e. The van der Waals surface area contributed by atoms with E-state index in [0.29, 0.717) is 44.2 Å². The highest BCUT2D eigenvalue weighted by Gasteiger charge is 2.36. The van der Waals surface area contributed by atoms with Gasteiger partial charge in [-0.3, -0.25) is 9.59 Å². The summed E-state index contributed by atoms with van der Waals surface area (Å²) in [6.07, 6.45) is 3.97. The van der Waals surface area contributed by atoms with Gasteiger partial charge in [-0.1, -0.05) is 48.5 Å². The van der Waals surface area contributed by atoms with Gasteiger partial charge >= 0.3 is 12.1 Å². The standard InChI is InChI=1S/C28H32N2O5/c31-26(30-20-13-19(14-20)27(32)33)12-17-9-10-18(11-17)15-29-28(34)35-16-25-23-7-3-1-5-21(23)22-6-2-4-8-24(22)25/h1-8,17-20,25H,9-16H2,(H,29,34)(H,30,31)(H,32,33). The molecule has 3 N–H and O–H groups in total. The Morgan fingerprint density at radius 3 is 2.17 bits per heavy atom. The average molecular weight is 477 g/mol. The van der Waals surface area contributed by atoms with Crippen LogP contribution in [0.15, 0.2) is 48.5 Å². The maximum Gasteiger partial charge on any atom is 0.407 e. The molecular formula is C28H32N2O5. The Kier molecular flexibility index (Phi) is 6.75. The molecule has 0 aliphatic heterocycles. The molecule has 2 fully saturated rings. The van der Waals surface area contributed by atoms with E-state index in [1.54, 1.807) is 0 Å². The molecule has 0 bridgehead atoms. The predicted octanol–water partition coefficient (Wildman–Crippen LogP) is 4.31. The third-order valence-corrected chi connectivity index (χ3v) is 7.86. The first-order valence-corrected chi connectivity index (χ1v) is 12.6.